The Morgan fingerprint density at radius 3 is 2.70 bits per heavy atom. The average Bonchev–Trinajstić information content (AvgIpc) is 2.94. The van der Waals surface area contributed by atoms with Crippen LogP contribution in [0, 0.1) is 11.2 Å². The molecule has 23 heavy (non-hydrogen) atoms. The summed E-state index contributed by atoms with van der Waals surface area (Å²) >= 11 is 0. The first-order valence-electron chi connectivity index (χ1n) is 7.70. The molecule has 1 amide bonds. The van der Waals surface area contributed by atoms with E-state index in [4.69, 9.17) is 0 Å². The Labute approximate surface area is 135 Å². The number of sulfonamides is 1. The molecule has 0 aromatic carbocycles. The highest BCUT2D eigenvalue weighted by Crippen LogP contribution is 2.40. The number of likely N-dealkylation sites (tertiary alicyclic amines) is 1. The number of hydrogen-bond donors (Lipinski definition) is 0. The van der Waals surface area contributed by atoms with Crippen LogP contribution in [-0.4, -0.2) is 60.4 Å². The van der Waals surface area contributed by atoms with Gasteiger partial charge < -0.3 is 4.90 Å². The minimum absolute atomic E-state index is 0.0495. The van der Waals surface area contributed by atoms with Crippen LogP contribution in [0.5, 0.6) is 0 Å². The predicted octanol–water partition coefficient (Wildman–Crippen LogP) is 0.647. The molecule has 0 bridgehead atoms. The van der Waals surface area contributed by atoms with Gasteiger partial charge in [-0.1, -0.05) is 0 Å². The summed E-state index contributed by atoms with van der Waals surface area (Å²) in [5.74, 6) is -0.360. The van der Waals surface area contributed by atoms with Gasteiger partial charge in [-0.3, -0.25) is 9.78 Å². The zero-order valence-electron chi connectivity index (χ0n) is 13.0. The van der Waals surface area contributed by atoms with Crippen LogP contribution >= 0.6 is 0 Å². The normalized spacial score (nSPS) is 20.7. The number of pyridine rings is 1. The van der Waals surface area contributed by atoms with Crippen LogP contribution in [0.25, 0.3) is 0 Å². The third kappa shape index (κ3) is 3.23. The van der Waals surface area contributed by atoms with Crippen molar-refractivity contribution in [1.29, 1.82) is 0 Å². The SMILES string of the molecule is CCS(=O)(=O)N1CCC2(CN(C(=O)Cc3ccc(F)cn3)C2)C1. The lowest BCUT2D eigenvalue weighted by molar-refractivity contribution is -0.141. The molecule has 3 heterocycles. The fourth-order valence-corrected chi connectivity index (χ4v) is 4.49. The van der Waals surface area contributed by atoms with Crippen LogP contribution in [0.15, 0.2) is 18.3 Å². The van der Waals surface area contributed by atoms with E-state index in [0.717, 1.165) is 12.6 Å². The second-order valence-electron chi connectivity index (χ2n) is 6.38. The van der Waals surface area contributed by atoms with Crippen molar-refractivity contribution < 1.29 is 17.6 Å². The lowest BCUT2D eigenvalue weighted by Crippen LogP contribution is -2.60. The summed E-state index contributed by atoms with van der Waals surface area (Å²) in [5.41, 5.74) is 0.452. The second-order valence-corrected chi connectivity index (χ2v) is 8.64. The van der Waals surface area contributed by atoms with Gasteiger partial charge in [0, 0.05) is 37.3 Å². The van der Waals surface area contributed by atoms with Crippen molar-refractivity contribution in [2.75, 3.05) is 31.9 Å². The maximum absolute atomic E-state index is 12.8. The molecule has 1 aromatic rings. The molecule has 1 spiro atoms. The van der Waals surface area contributed by atoms with Crippen molar-refractivity contribution >= 4 is 15.9 Å². The number of amides is 1. The van der Waals surface area contributed by atoms with Crippen molar-refractivity contribution in [3.8, 4) is 0 Å². The Morgan fingerprint density at radius 2 is 2.09 bits per heavy atom. The summed E-state index contributed by atoms with van der Waals surface area (Å²) in [7, 11) is -3.15. The smallest absolute Gasteiger partial charge is 0.228 e. The second kappa shape index (κ2) is 5.83. The van der Waals surface area contributed by atoms with E-state index < -0.39 is 15.8 Å². The van der Waals surface area contributed by atoms with Crippen molar-refractivity contribution in [2.45, 2.75) is 19.8 Å². The molecule has 6 nitrogen and oxygen atoms in total. The van der Waals surface area contributed by atoms with E-state index in [9.17, 15) is 17.6 Å². The summed E-state index contributed by atoms with van der Waals surface area (Å²) < 4.78 is 38.2. The summed E-state index contributed by atoms with van der Waals surface area (Å²) in [6.07, 6.45) is 2.04. The zero-order valence-corrected chi connectivity index (χ0v) is 13.9. The standard InChI is InChI=1S/C15H20FN3O3S/c1-2-23(21,22)19-6-5-15(11-19)9-18(10-15)14(20)7-13-4-3-12(16)8-17-13/h3-4,8H,2,5-7,9-11H2,1H3. The molecule has 2 saturated heterocycles. The molecule has 0 unspecified atom stereocenters. The quantitative estimate of drug-likeness (QED) is 0.806. The van der Waals surface area contributed by atoms with Crippen molar-refractivity contribution in [3.05, 3.63) is 29.8 Å². The Morgan fingerprint density at radius 1 is 1.35 bits per heavy atom. The first-order valence-corrected chi connectivity index (χ1v) is 9.30. The number of aromatic nitrogens is 1. The summed E-state index contributed by atoms with van der Waals surface area (Å²) in [6, 6.07) is 2.80. The van der Waals surface area contributed by atoms with Crippen molar-refractivity contribution in [2.24, 2.45) is 5.41 Å². The lowest BCUT2D eigenvalue weighted by Gasteiger charge is -2.48. The predicted molar refractivity (Wildman–Crippen MR) is 82.6 cm³/mol. The number of rotatable bonds is 4. The molecule has 0 radical (unpaired) electrons. The number of nitrogens with zero attached hydrogens (tertiary/aromatic N) is 3. The lowest BCUT2D eigenvalue weighted by atomic mass is 9.79. The molecule has 2 aliphatic rings. The zero-order chi connectivity index (χ0) is 16.7. The first-order chi connectivity index (χ1) is 10.8. The molecule has 0 saturated carbocycles. The molecule has 126 valence electrons. The number of hydrogen-bond acceptors (Lipinski definition) is 4. The Kier molecular flexibility index (Phi) is 4.14. The van der Waals surface area contributed by atoms with Gasteiger partial charge in [0.15, 0.2) is 0 Å². The fraction of sp³-hybridized carbons (Fsp3) is 0.600. The van der Waals surface area contributed by atoms with Gasteiger partial charge in [0.1, 0.15) is 5.82 Å². The van der Waals surface area contributed by atoms with Crippen LogP contribution in [0.3, 0.4) is 0 Å². The molecule has 0 aliphatic carbocycles. The van der Waals surface area contributed by atoms with Crippen LogP contribution in [0.1, 0.15) is 19.0 Å². The van der Waals surface area contributed by atoms with Gasteiger partial charge >= 0.3 is 0 Å². The van der Waals surface area contributed by atoms with Gasteiger partial charge in [0.2, 0.25) is 15.9 Å². The molecule has 0 N–H and O–H groups in total. The number of carbonyl (C=O) groups excluding carboxylic acids is 1. The Balaban J connectivity index is 1.55. The summed E-state index contributed by atoms with van der Waals surface area (Å²) in [5, 5.41) is 0. The van der Waals surface area contributed by atoms with Crippen molar-refractivity contribution in [1.82, 2.24) is 14.2 Å². The third-order valence-corrected chi connectivity index (χ3v) is 6.52. The van der Waals surface area contributed by atoms with Gasteiger partial charge in [-0.05, 0) is 25.5 Å². The van der Waals surface area contributed by atoms with Crippen LogP contribution in [0.4, 0.5) is 4.39 Å². The minimum atomic E-state index is -3.15. The molecule has 3 rings (SSSR count). The molecule has 2 fully saturated rings. The van der Waals surface area contributed by atoms with Gasteiger partial charge in [0.25, 0.3) is 0 Å². The van der Waals surface area contributed by atoms with E-state index in [2.05, 4.69) is 4.98 Å². The highest BCUT2D eigenvalue weighted by molar-refractivity contribution is 7.89. The number of carbonyl (C=O) groups is 1. The molecular weight excluding hydrogens is 321 g/mol. The van der Waals surface area contributed by atoms with E-state index in [0.29, 0.717) is 31.9 Å². The monoisotopic (exact) mass is 341 g/mol. The highest BCUT2D eigenvalue weighted by atomic mass is 32.2. The van der Waals surface area contributed by atoms with E-state index in [-0.39, 0.29) is 23.5 Å². The van der Waals surface area contributed by atoms with Crippen LogP contribution in [-0.2, 0) is 21.2 Å². The van der Waals surface area contributed by atoms with E-state index >= 15 is 0 Å². The maximum atomic E-state index is 12.8. The molecule has 0 atom stereocenters. The first kappa shape index (κ1) is 16.3. The van der Waals surface area contributed by atoms with E-state index in [1.54, 1.807) is 11.8 Å². The van der Waals surface area contributed by atoms with Crippen LogP contribution < -0.4 is 0 Å². The molecule has 8 heteroatoms. The minimum Gasteiger partial charge on any atom is -0.341 e. The topological polar surface area (TPSA) is 70.6 Å². The summed E-state index contributed by atoms with van der Waals surface area (Å²) in [4.78, 5) is 17.8. The van der Waals surface area contributed by atoms with E-state index in [1.165, 1.54) is 16.4 Å². The molecule has 1 aromatic heterocycles. The fourth-order valence-electron chi connectivity index (χ4n) is 3.29. The Hall–Kier alpha value is -1.54. The third-order valence-electron chi connectivity index (χ3n) is 4.69. The number of halogens is 1. The molecule has 2 aliphatic heterocycles. The van der Waals surface area contributed by atoms with Gasteiger partial charge in [0.05, 0.1) is 18.4 Å². The largest absolute Gasteiger partial charge is 0.341 e. The maximum Gasteiger partial charge on any atom is 0.228 e. The van der Waals surface area contributed by atoms with Gasteiger partial charge in [-0.25, -0.2) is 17.1 Å². The average molecular weight is 341 g/mol. The molecular formula is C15H20FN3O3S. The van der Waals surface area contributed by atoms with Crippen LogP contribution in [0.2, 0.25) is 0 Å². The summed E-state index contributed by atoms with van der Waals surface area (Å²) in [6.45, 7) is 3.86. The van der Waals surface area contributed by atoms with Crippen molar-refractivity contribution in [3.63, 3.8) is 0 Å². The van der Waals surface area contributed by atoms with Gasteiger partial charge in [-0.15, -0.1) is 0 Å². The van der Waals surface area contributed by atoms with E-state index in [1.807, 2.05) is 0 Å². The van der Waals surface area contributed by atoms with Gasteiger partial charge in [-0.2, -0.15) is 0 Å². The Bertz CT molecular complexity index is 699. The highest BCUT2D eigenvalue weighted by Gasteiger charge is 2.51.